The summed E-state index contributed by atoms with van der Waals surface area (Å²) in [5, 5.41) is 3.72. The maximum absolute atomic E-state index is 10.7. The molecule has 1 rings (SSSR count). The van der Waals surface area contributed by atoms with Gasteiger partial charge in [-0.2, -0.15) is 0 Å². The van der Waals surface area contributed by atoms with Crippen molar-refractivity contribution in [2.45, 2.75) is 0 Å². The molecule has 0 radical (unpaired) electrons. The number of anilines is 2. The van der Waals surface area contributed by atoms with Crippen molar-refractivity contribution in [1.29, 1.82) is 0 Å². The molecule has 5 heteroatoms. The van der Waals surface area contributed by atoms with E-state index in [0.717, 1.165) is 5.00 Å². The standard InChI is InChI=1S/C6H9N3OS/c1-9-4-2-3(7)5(11-4)6(8)10/h2,9H,7H2,1H3,(H2,8,10). The van der Waals surface area contributed by atoms with Gasteiger partial charge in [0.2, 0.25) is 0 Å². The molecule has 0 bridgehead atoms. The van der Waals surface area contributed by atoms with Gasteiger partial charge in [-0.25, -0.2) is 0 Å². The summed E-state index contributed by atoms with van der Waals surface area (Å²) in [4.78, 5) is 11.1. The highest BCUT2D eigenvalue weighted by atomic mass is 32.1. The van der Waals surface area contributed by atoms with Crippen LogP contribution in [-0.2, 0) is 0 Å². The molecule has 0 aliphatic rings. The van der Waals surface area contributed by atoms with E-state index in [0.29, 0.717) is 10.6 Å². The van der Waals surface area contributed by atoms with Gasteiger partial charge in [0, 0.05) is 7.05 Å². The number of carbonyl (C=O) groups is 1. The maximum atomic E-state index is 10.7. The molecular formula is C6H9N3OS. The number of thiophene rings is 1. The Morgan fingerprint density at radius 2 is 2.36 bits per heavy atom. The van der Waals surface area contributed by atoms with Crippen LogP contribution >= 0.6 is 11.3 Å². The molecule has 4 nitrogen and oxygen atoms in total. The molecule has 5 N–H and O–H groups in total. The average molecular weight is 171 g/mol. The highest BCUT2D eigenvalue weighted by Gasteiger charge is 2.09. The van der Waals surface area contributed by atoms with Gasteiger partial charge >= 0.3 is 0 Å². The van der Waals surface area contributed by atoms with E-state index in [1.54, 1.807) is 13.1 Å². The first-order chi connectivity index (χ1) is 5.15. The zero-order valence-corrected chi connectivity index (χ0v) is 6.87. The third-order valence-electron chi connectivity index (χ3n) is 1.23. The van der Waals surface area contributed by atoms with E-state index >= 15 is 0 Å². The van der Waals surface area contributed by atoms with Gasteiger partial charge < -0.3 is 16.8 Å². The molecule has 1 aromatic rings. The fourth-order valence-electron chi connectivity index (χ4n) is 0.721. The Kier molecular flexibility index (Phi) is 2.00. The monoisotopic (exact) mass is 171 g/mol. The first-order valence-corrected chi connectivity index (χ1v) is 3.83. The number of hydrogen-bond donors (Lipinski definition) is 3. The fraction of sp³-hybridized carbons (Fsp3) is 0.167. The molecule has 1 aromatic heterocycles. The highest BCUT2D eigenvalue weighted by Crippen LogP contribution is 2.27. The smallest absolute Gasteiger partial charge is 0.260 e. The first-order valence-electron chi connectivity index (χ1n) is 3.02. The Morgan fingerprint density at radius 1 is 1.73 bits per heavy atom. The van der Waals surface area contributed by atoms with Crippen molar-refractivity contribution in [2.75, 3.05) is 18.1 Å². The van der Waals surface area contributed by atoms with Crippen LogP contribution < -0.4 is 16.8 Å². The van der Waals surface area contributed by atoms with E-state index in [2.05, 4.69) is 5.32 Å². The van der Waals surface area contributed by atoms with Crippen LogP contribution in [0.4, 0.5) is 10.7 Å². The molecule has 0 spiro atoms. The second kappa shape index (κ2) is 2.79. The van der Waals surface area contributed by atoms with Gasteiger partial charge in [-0.05, 0) is 6.07 Å². The van der Waals surface area contributed by atoms with E-state index < -0.39 is 5.91 Å². The Bertz CT molecular complexity index is 281. The number of amides is 1. The van der Waals surface area contributed by atoms with Crippen LogP contribution in [0, 0.1) is 0 Å². The van der Waals surface area contributed by atoms with Crippen molar-refractivity contribution in [3.63, 3.8) is 0 Å². The number of nitrogens with two attached hydrogens (primary N) is 2. The molecule has 1 amide bonds. The molecule has 0 aromatic carbocycles. The molecule has 0 unspecified atom stereocenters. The van der Waals surface area contributed by atoms with E-state index in [1.165, 1.54) is 11.3 Å². The lowest BCUT2D eigenvalue weighted by Gasteiger charge is -1.88. The Labute approximate surface area is 68.2 Å². The topological polar surface area (TPSA) is 81.1 Å². The molecule has 11 heavy (non-hydrogen) atoms. The SMILES string of the molecule is CNc1cc(N)c(C(N)=O)s1. The summed E-state index contributed by atoms with van der Waals surface area (Å²) < 4.78 is 0. The molecule has 1 heterocycles. The predicted octanol–water partition coefficient (Wildman–Crippen LogP) is 0.471. The van der Waals surface area contributed by atoms with Crippen LogP contribution in [0.15, 0.2) is 6.07 Å². The van der Waals surface area contributed by atoms with Crippen molar-refractivity contribution < 1.29 is 4.79 Å². The lowest BCUT2D eigenvalue weighted by atomic mass is 10.4. The molecule has 0 aliphatic heterocycles. The van der Waals surface area contributed by atoms with Gasteiger partial charge in [0.25, 0.3) is 5.91 Å². The van der Waals surface area contributed by atoms with Crippen molar-refractivity contribution in [3.8, 4) is 0 Å². The third kappa shape index (κ3) is 1.43. The van der Waals surface area contributed by atoms with Gasteiger partial charge in [0.1, 0.15) is 4.88 Å². The summed E-state index contributed by atoms with van der Waals surface area (Å²) in [6, 6.07) is 1.69. The van der Waals surface area contributed by atoms with Crippen molar-refractivity contribution in [3.05, 3.63) is 10.9 Å². The molecule has 60 valence electrons. The van der Waals surface area contributed by atoms with Gasteiger partial charge in [-0.15, -0.1) is 11.3 Å². The van der Waals surface area contributed by atoms with E-state index in [9.17, 15) is 4.79 Å². The number of carbonyl (C=O) groups excluding carboxylic acids is 1. The van der Waals surface area contributed by atoms with Crippen LogP contribution in [0.1, 0.15) is 9.67 Å². The predicted molar refractivity (Wildman–Crippen MR) is 46.8 cm³/mol. The minimum Gasteiger partial charge on any atom is -0.397 e. The zero-order valence-electron chi connectivity index (χ0n) is 6.05. The normalized spacial score (nSPS) is 9.55. The average Bonchev–Trinajstić information content (AvgIpc) is 2.30. The lowest BCUT2D eigenvalue weighted by molar-refractivity contribution is 0.100. The van der Waals surface area contributed by atoms with E-state index in [-0.39, 0.29) is 0 Å². The maximum Gasteiger partial charge on any atom is 0.260 e. The fourth-order valence-corrected chi connectivity index (χ4v) is 1.51. The zero-order chi connectivity index (χ0) is 8.43. The number of nitrogen functional groups attached to an aromatic ring is 1. The van der Waals surface area contributed by atoms with Crippen LogP contribution in [0.25, 0.3) is 0 Å². The number of rotatable bonds is 2. The molecule has 0 atom stereocenters. The summed E-state index contributed by atoms with van der Waals surface area (Å²) in [5.74, 6) is -0.478. The van der Waals surface area contributed by atoms with Crippen molar-refractivity contribution in [2.24, 2.45) is 5.73 Å². The summed E-state index contributed by atoms with van der Waals surface area (Å²) in [5.41, 5.74) is 11.0. The van der Waals surface area contributed by atoms with Crippen LogP contribution in [-0.4, -0.2) is 13.0 Å². The summed E-state index contributed by atoms with van der Waals surface area (Å²) in [6.45, 7) is 0. The van der Waals surface area contributed by atoms with Gasteiger partial charge in [-0.3, -0.25) is 4.79 Å². The minimum absolute atomic E-state index is 0.411. The first kappa shape index (κ1) is 7.87. The largest absolute Gasteiger partial charge is 0.397 e. The van der Waals surface area contributed by atoms with E-state index in [1.807, 2.05) is 0 Å². The Balaban J connectivity index is 3.07. The number of hydrogen-bond acceptors (Lipinski definition) is 4. The van der Waals surface area contributed by atoms with Gasteiger partial charge in [0.05, 0.1) is 10.7 Å². The molecule has 0 saturated carbocycles. The number of primary amides is 1. The van der Waals surface area contributed by atoms with E-state index in [4.69, 9.17) is 11.5 Å². The molecule has 0 aliphatic carbocycles. The quantitative estimate of drug-likeness (QED) is 0.605. The van der Waals surface area contributed by atoms with Gasteiger partial charge in [0.15, 0.2) is 0 Å². The molecule has 0 saturated heterocycles. The minimum atomic E-state index is -0.478. The van der Waals surface area contributed by atoms with Crippen molar-refractivity contribution >= 4 is 27.9 Å². The highest BCUT2D eigenvalue weighted by molar-refractivity contribution is 7.18. The third-order valence-corrected chi connectivity index (χ3v) is 2.41. The molecular weight excluding hydrogens is 162 g/mol. The summed E-state index contributed by atoms with van der Waals surface area (Å²) >= 11 is 1.26. The van der Waals surface area contributed by atoms with Crippen molar-refractivity contribution in [1.82, 2.24) is 0 Å². The van der Waals surface area contributed by atoms with Crippen LogP contribution in [0.3, 0.4) is 0 Å². The summed E-state index contributed by atoms with van der Waals surface area (Å²) in [7, 11) is 1.76. The number of nitrogens with one attached hydrogen (secondary N) is 1. The van der Waals surface area contributed by atoms with Crippen LogP contribution in [0.2, 0.25) is 0 Å². The van der Waals surface area contributed by atoms with Crippen LogP contribution in [0.5, 0.6) is 0 Å². The Morgan fingerprint density at radius 3 is 2.64 bits per heavy atom. The Hall–Kier alpha value is -1.23. The summed E-state index contributed by atoms with van der Waals surface area (Å²) in [6.07, 6.45) is 0. The second-order valence-electron chi connectivity index (χ2n) is 2.01. The lowest BCUT2D eigenvalue weighted by Crippen LogP contribution is -2.10. The van der Waals surface area contributed by atoms with Gasteiger partial charge in [-0.1, -0.05) is 0 Å². The molecule has 0 fully saturated rings. The second-order valence-corrected chi connectivity index (χ2v) is 3.06.